The Balaban J connectivity index is 1.37. The first-order valence-corrected chi connectivity index (χ1v) is 9.99. The van der Waals surface area contributed by atoms with Crippen LogP contribution in [0.15, 0.2) is 85.1 Å². The van der Waals surface area contributed by atoms with Crippen LogP contribution >= 0.6 is 11.6 Å². The molecule has 0 radical (unpaired) electrons. The third kappa shape index (κ3) is 5.71. The molecule has 7 heteroatoms. The van der Waals surface area contributed by atoms with Crippen molar-refractivity contribution in [2.24, 2.45) is 0 Å². The van der Waals surface area contributed by atoms with Gasteiger partial charge in [0, 0.05) is 22.8 Å². The predicted molar refractivity (Wildman–Crippen MR) is 118 cm³/mol. The summed E-state index contributed by atoms with van der Waals surface area (Å²) >= 11 is 5.97. The van der Waals surface area contributed by atoms with Crippen molar-refractivity contribution in [2.45, 2.75) is 13.2 Å². The van der Waals surface area contributed by atoms with Gasteiger partial charge in [0.05, 0.1) is 6.54 Å². The van der Waals surface area contributed by atoms with Gasteiger partial charge >= 0.3 is 0 Å². The molecule has 1 aromatic heterocycles. The third-order valence-electron chi connectivity index (χ3n) is 4.53. The Bertz CT molecular complexity index is 1190. The van der Waals surface area contributed by atoms with E-state index in [1.807, 2.05) is 18.2 Å². The molecular formula is C24H19ClFN3O2. The van der Waals surface area contributed by atoms with Crippen LogP contribution in [0.4, 0.5) is 10.2 Å². The van der Waals surface area contributed by atoms with Gasteiger partial charge in [0.2, 0.25) is 0 Å². The Kier molecular flexibility index (Phi) is 6.29. The molecule has 0 aliphatic heterocycles. The minimum atomic E-state index is -0.280. The van der Waals surface area contributed by atoms with Gasteiger partial charge in [-0.3, -0.25) is 9.48 Å². The van der Waals surface area contributed by atoms with Crippen LogP contribution in [0, 0.1) is 5.82 Å². The van der Waals surface area contributed by atoms with Gasteiger partial charge in [-0.15, -0.1) is 0 Å². The zero-order chi connectivity index (χ0) is 21.6. The van der Waals surface area contributed by atoms with E-state index in [0.29, 0.717) is 35.3 Å². The number of benzene rings is 3. The van der Waals surface area contributed by atoms with E-state index in [0.717, 1.165) is 11.1 Å². The monoisotopic (exact) mass is 435 g/mol. The number of ether oxygens (including phenoxy) is 1. The molecule has 0 spiro atoms. The number of rotatable bonds is 7. The zero-order valence-electron chi connectivity index (χ0n) is 16.5. The number of halogens is 2. The summed E-state index contributed by atoms with van der Waals surface area (Å²) in [4.78, 5) is 12.6. The number of carbonyl (C=O) groups excluding carboxylic acids is 1. The summed E-state index contributed by atoms with van der Waals surface area (Å²) in [7, 11) is 0. The van der Waals surface area contributed by atoms with Gasteiger partial charge in [0.15, 0.2) is 5.82 Å². The molecule has 0 unspecified atom stereocenters. The van der Waals surface area contributed by atoms with Crippen molar-refractivity contribution < 1.29 is 13.9 Å². The Morgan fingerprint density at radius 1 is 1.00 bits per heavy atom. The SMILES string of the molecule is O=C(Nc1ccn(Cc2ccc(F)cc2)n1)c1cccc(COc2cccc(Cl)c2)c1. The lowest BCUT2D eigenvalue weighted by Crippen LogP contribution is -2.13. The summed E-state index contributed by atoms with van der Waals surface area (Å²) in [6.07, 6.45) is 1.76. The molecule has 3 aromatic carbocycles. The topological polar surface area (TPSA) is 56.2 Å². The zero-order valence-corrected chi connectivity index (χ0v) is 17.2. The maximum Gasteiger partial charge on any atom is 0.256 e. The summed E-state index contributed by atoms with van der Waals surface area (Å²) in [6.45, 7) is 0.792. The maximum absolute atomic E-state index is 13.0. The summed E-state index contributed by atoms with van der Waals surface area (Å²) in [5.74, 6) is 0.552. The summed E-state index contributed by atoms with van der Waals surface area (Å²) in [6, 6.07) is 22.3. The Hall–Kier alpha value is -3.64. The molecule has 4 rings (SSSR count). The number of hydrogen-bond donors (Lipinski definition) is 1. The van der Waals surface area contributed by atoms with Crippen LogP contribution in [0.1, 0.15) is 21.5 Å². The van der Waals surface area contributed by atoms with Crippen molar-refractivity contribution in [2.75, 3.05) is 5.32 Å². The van der Waals surface area contributed by atoms with Crippen LogP contribution in [-0.4, -0.2) is 15.7 Å². The van der Waals surface area contributed by atoms with Crippen molar-refractivity contribution in [3.63, 3.8) is 0 Å². The lowest BCUT2D eigenvalue weighted by molar-refractivity contribution is 0.102. The molecule has 0 saturated heterocycles. The van der Waals surface area contributed by atoms with Crippen LogP contribution in [0.2, 0.25) is 5.02 Å². The largest absolute Gasteiger partial charge is 0.489 e. The van der Waals surface area contributed by atoms with Crippen molar-refractivity contribution in [3.05, 3.63) is 113 Å². The number of anilines is 1. The van der Waals surface area contributed by atoms with E-state index in [9.17, 15) is 9.18 Å². The molecule has 156 valence electrons. The van der Waals surface area contributed by atoms with E-state index >= 15 is 0 Å². The fourth-order valence-corrected chi connectivity index (χ4v) is 3.19. The molecule has 0 aliphatic carbocycles. The predicted octanol–water partition coefficient (Wildman–Crippen LogP) is 5.56. The fourth-order valence-electron chi connectivity index (χ4n) is 3.01. The standard InChI is InChI=1S/C24H19ClFN3O2/c25-20-5-2-6-22(14-20)31-16-18-3-1-4-19(13-18)24(30)27-23-11-12-29(28-23)15-17-7-9-21(26)10-8-17/h1-14H,15-16H2,(H,27,28,30). The number of nitrogens with one attached hydrogen (secondary N) is 1. The summed E-state index contributed by atoms with van der Waals surface area (Å²) in [5.41, 5.74) is 2.27. The second kappa shape index (κ2) is 9.45. The number of carbonyl (C=O) groups is 1. The maximum atomic E-state index is 13.0. The summed E-state index contributed by atoms with van der Waals surface area (Å²) in [5, 5.41) is 7.75. The molecule has 0 saturated carbocycles. The Labute approximate surface area is 184 Å². The van der Waals surface area contributed by atoms with Crippen LogP contribution in [-0.2, 0) is 13.2 Å². The van der Waals surface area contributed by atoms with Crippen molar-refractivity contribution >= 4 is 23.3 Å². The second-order valence-corrected chi connectivity index (χ2v) is 7.36. The molecule has 0 aliphatic rings. The van der Waals surface area contributed by atoms with Crippen LogP contribution < -0.4 is 10.1 Å². The van der Waals surface area contributed by atoms with E-state index in [2.05, 4.69) is 10.4 Å². The normalized spacial score (nSPS) is 10.6. The first-order valence-electron chi connectivity index (χ1n) is 9.62. The minimum absolute atomic E-state index is 0.267. The van der Waals surface area contributed by atoms with Gasteiger partial charge in [-0.05, 0) is 53.6 Å². The molecule has 1 heterocycles. The van der Waals surface area contributed by atoms with E-state index in [4.69, 9.17) is 16.3 Å². The number of amides is 1. The Morgan fingerprint density at radius 3 is 2.61 bits per heavy atom. The fraction of sp³-hybridized carbons (Fsp3) is 0.0833. The molecule has 0 atom stereocenters. The summed E-state index contributed by atoms with van der Waals surface area (Å²) < 4.78 is 20.4. The lowest BCUT2D eigenvalue weighted by Gasteiger charge is -2.08. The van der Waals surface area contributed by atoms with Gasteiger partial charge in [-0.25, -0.2) is 4.39 Å². The first-order chi connectivity index (χ1) is 15.0. The van der Waals surface area contributed by atoms with Gasteiger partial charge in [-0.1, -0.05) is 41.9 Å². The van der Waals surface area contributed by atoms with Crippen molar-refractivity contribution in [3.8, 4) is 5.75 Å². The van der Waals surface area contributed by atoms with Gasteiger partial charge in [0.25, 0.3) is 5.91 Å². The highest BCUT2D eigenvalue weighted by Gasteiger charge is 2.09. The molecule has 1 N–H and O–H groups in total. The molecule has 1 amide bonds. The molecule has 31 heavy (non-hydrogen) atoms. The molecule has 0 fully saturated rings. The minimum Gasteiger partial charge on any atom is -0.489 e. The molecule has 4 aromatic rings. The highest BCUT2D eigenvalue weighted by molar-refractivity contribution is 6.30. The average molecular weight is 436 g/mol. The number of nitrogens with zero attached hydrogens (tertiary/aromatic N) is 2. The van der Waals surface area contributed by atoms with Crippen LogP contribution in [0.5, 0.6) is 5.75 Å². The highest BCUT2D eigenvalue weighted by atomic mass is 35.5. The lowest BCUT2D eigenvalue weighted by atomic mass is 10.1. The smallest absolute Gasteiger partial charge is 0.256 e. The number of aromatic nitrogens is 2. The van der Waals surface area contributed by atoms with E-state index in [-0.39, 0.29) is 11.7 Å². The average Bonchev–Trinajstić information content (AvgIpc) is 3.21. The van der Waals surface area contributed by atoms with Crippen LogP contribution in [0.25, 0.3) is 0 Å². The van der Waals surface area contributed by atoms with Gasteiger partial charge in [0.1, 0.15) is 18.2 Å². The second-order valence-electron chi connectivity index (χ2n) is 6.93. The van der Waals surface area contributed by atoms with Crippen LogP contribution in [0.3, 0.4) is 0 Å². The van der Waals surface area contributed by atoms with Crippen molar-refractivity contribution in [1.29, 1.82) is 0 Å². The van der Waals surface area contributed by atoms with E-state index in [1.165, 1.54) is 12.1 Å². The van der Waals surface area contributed by atoms with Gasteiger partial charge < -0.3 is 10.1 Å². The van der Waals surface area contributed by atoms with E-state index < -0.39 is 0 Å². The van der Waals surface area contributed by atoms with E-state index in [1.54, 1.807) is 59.4 Å². The Morgan fingerprint density at radius 2 is 1.81 bits per heavy atom. The molecule has 0 bridgehead atoms. The first kappa shape index (κ1) is 20.6. The molecule has 5 nitrogen and oxygen atoms in total. The quantitative estimate of drug-likeness (QED) is 0.413. The van der Waals surface area contributed by atoms with Gasteiger partial charge in [-0.2, -0.15) is 5.10 Å². The molecular weight excluding hydrogens is 417 g/mol. The third-order valence-corrected chi connectivity index (χ3v) is 4.77. The number of hydrogen-bond acceptors (Lipinski definition) is 3. The van der Waals surface area contributed by atoms with Crippen molar-refractivity contribution in [1.82, 2.24) is 9.78 Å². The highest BCUT2D eigenvalue weighted by Crippen LogP contribution is 2.19.